The molecule has 19 heavy (non-hydrogen) atoms. The number of rotatable bonds is 4. The minimum atomic E-state index is -1.31. The first-order valence-electron chi connectivity index (χ1n) is 6.41. The van der Waals surface area contributed by atoms with Crippen LogP contribution in [0.5, 0.6) is 0 Å². The molecule has 0 aliphatic rings. The Labute approximate surface area is 114 Å². The lowest BCUT2D eigenvalue weighted by Gasteiger charge is -2.20. The van der Waals surface area contributed by atoms with Crippen molar-refractivity contribution in [3.05, 3.63) is 42.0 Å². The highest BCUT2D eigenvalue weighted by molar-refractivity contribution is 5.90. The van der Waals surface area contributed by atoms with Gasteiger partial charge in [0.05, 0.1) is 6.61 Å². The van der Waals surface area contributed by atoms with Crippen molar-refractivity contribution in [1.82, 2.24) is 0 Å². The van der Waals surface area contributed by atoms with Gasteiger partial charge >= 0.3 is 5.97 Å². The van der Waals surface area contributed by atoms with Crippen LogP contribution in [0, 0.1) is 0 Å². The quantitative estimate of drug-likeness (QED) is 0.849. The Kier molecular flexibility index (Phi) is 4.90. The first-order chi connectivity index (χ1) is 8.77. The van der Waals surface area contributed by atoms with E-state index in [1.165, 1.54) is 5.56 Å². The van der Waals surface area contributed by atoms with Crippen molar-refractivity contribution in [3.8, 4) is 0 Å². The van der Waals surface area contributed by atoms with E-state index >= 15 is 0 Å². The van der Waals surface area contributed by atoms with E-state index in [1.54, 1.807) is 6.92 Å². The van der Waals surface area contributed by atoms with E-state index in [-0.39, 0.29) is 12.0 Å². The maximum absolute atomic E-state index is 11.5. The Bertz CT molecular complexity index is 452. The number of aliphatic hydroxyl groups excluding tert-OH is 1. The van der Waals surface area contributed by atoms with Crippen molar-refractivity contribution in [2.75, 3.05) is 6.61 Å². The summed E-state index contributed by atoms with van der Waals surface area (Å²) in [7, 11) is 0. The average Bonchev–Trinajstić information content (AvgIpc) is 2.36. The van der Waals surface area contributed by atoms with Crippen LogP contribution in [0.3, 0.4) is 0 Å². The third-order valence-corrected chi connectivity index (χ3v) is 2.96. The van der Waals surface area contributed by atoms with Crippen LogP contribution in [0.25, 0.3) is 5.57 Å². The van der Waals surface area contributed by atoms with Gasteiger partial charge in [-0.25, -0.2) is 4.79 Å². The Morgan fingerprint density at radius 3 is 2.26 bits per heavy atom. The summed E-state index contributed by atoms with van der Waals surface area (Å²) in [6, 6.07) is 7.70. The molecule has 0 aliphatic carbocycles. The van der Waals surface area contributed by atoms with Crippen LogP contribution in [-0.2, 0) is 14.9 Å². The number of carbonyl (C=O) groups excluding carboxylic acids is 1. The van der Waals surface area contributed by atoms with Gasteiger partial charge in [0, 0.05) is 0 Å². The lowest BCUT2D eigenvalue weighted by atomic mass is 9.86. The van der Waals surface area contributed by atoms with Gasteiger partial charge in [-0.05, 0) is 29.0 Å². The van der Waals surface area contributed by atoms with Gasteiger partial charge < -0.3 is 9.84 Å². The Hall–Kier alpha value is -1.61. The molecule has 0 saturated heterocycles. The Morgan fingerprint density at radius 1 is 1.32 bits per heavy atom. The fourth-order valence-corrected chi connectivity index (χ4v) is 1.71. The normalized spacial score (nSPS) is 12.9. The van der Waals surface area contributed by atoms with Crippen LogP contribution in [0.15, 0.2) is 30.8 Å². The summed E-state index contributed by atoms with van der Waals surface area (Å²) in [4.78, 5) is 11.5. The smallest absolute Gasteiger partial charge is 0.339 e. The van der Waals surface area contributed by atoms with Crippen molar-refractivity contribution in [1.29, 1.82) is 0 Å². The number of esters is 1. The SMILES string of the molecule is C=C(c1ccc(C(C)(C)C)cc1)C(O)C(=O)OCC. The lowest BCUT2D eigenvalue weighted by molar-refractivity contribution is -0.149. The molecule has 1 atom stereocenters. The maximum Gasteiger partial charge on any atom is 0.339 e. The van der Waals surface area contributed by atoms with Gasteiger partial charge in [0.25, 0.3) is 0 Å². The van der Waals surface area contributed by atoms with E-state index in [1.807, 2.05) is 24.3 Å². The average molecular weight is 262 g/mol. The number of carbonyl (C=O) groups is 1. The highest BCUT2D eigenvalue weighted by Gasteiger charge is 2.21. The molecular weight excluding hydrogens is 240 g/mol. The third-order valence-electron chi connectivity index (χ3n) is 2.96. The summed E-state index contributed by atoms with van der Waals surface area (Å²) in [5, 5.41) is 9.83. The predicted molar refractivity (Wildman–Crippen MR) is 76.8 cm³/mol. The summed E-state index contributed by atoms with van der Waals surface area (Å²) in [6.45, 7) is 12.1. The molecule has 0 aliphatic heterocycles. The van der Waals surface area contributed by atoms with Crippen LogP contribution in [0.2, 0.25) is 0 Å². The van der Waals surface area contributed by atoms with E-state index < -0.39 is 12.1 Å². The van der Waals surface area contributed by atoms with E-state index in [4.69, 9.17) is 4.74 Å². The van der Waals surface area contributed by atoms with Gasteiger partial charge in [-0.3, -0.25) is 0 Å². The fraction of sp³-hybridized carbons (Fsp3) is 0.438. The number of aliphatic hydroxyl groups is 1. The van der Waals surface area contributed by atoms with E-state index in [0.717, 1.165) is 5.56 Å². The lowest BCUT2D eigenvalue weighted by Crippen LogP contribution is -2.24. The fourth-order valence-electron chi connectivity index (χ4n) is 1.71. The summed E-state index contributed by atoms with van der Waals surface area (Å²) in [5.41, 5.74) is 2.36. The van der Waals surface area contributed by atoms with Crippen molar-refractivity contribution >= 4 is 11.5 Å². The summed E-state index contributed by atoms with van der Waals surface area (Å²) in [5.74, 6) is -0.660. The molecule has 1 rings (SSSR count). The minimum Gasteiger partial charge on any atom is -0.464 e. The zero-order valence-electron chi connectivity index (χ0n) is 12.1. The number of ether oxygens (including phenoxy) is 1. The second-order valence-corrected chi connectivity index (χ2v) is 5.51. The first kappa shape index (κ1) is 15.4. The van der Waals surface area contributed by atoms with Crippen LogP contribution >= 0.6 is 0 Å². The molecule has 0 saturated carbocycles. The zero-order valence-corrected chi connectivity index (χ0v) is 12.1. The molecule has 0 amide bonds. The summed E-state index contributed by atoms with van der Waals surface area (Å²) in [6.07, 6.45) is -1.31. The largest absolute Gasteiger partial charge is 0.464 e. The van der Waals surface area contributed by atoms with Crippen molar-refractivity contribution < 1.29 is 14.6 Å². The van der Waals surface area contributed by atoms with Crippen LogP contribution in [0.1, 0.15) is 38.8 Å². The molecule has 0 fully saturated rings. The second-order valence-electron chi connectivity index (χ2n) is 5.51. The second kappa shape index (κ2) is 6.02. The molecule has 1 N–H and O–H groups in total. The summed E-state index contributed by atoms with van der Waals surface area (Å²) < 4.78 is 4.77. The molecule has 104 valence electrons. The molecule has 0 heterocycles. The standard InChI is InChI=1S/C16H22O3/c1-6-19-15(18)14(17)11(2)12-7-9-13(10-8-12)16(3,4)5/h7-10,14,17H,2,6H2,1,3-5H3. The first-order valence-corrected chi connectivity index (χ1v) is 6.41. The van der Waals surface area contributed by atoms with Crippen LogP contribution in [0.4, 0.5) is 0 Å². The summed E-state index contributed by atoms with van der Waals surface area (Å²) >= 11 is 0. The molecule has 0 radical (unpaired) electrons. The van der Waals surface area contributed by atoms with Gasteiger partial charge in [-0.2, -0.15) is 0 Å². The number of hydrogen-bond donors (Lipinski definition) is 1. The van der Waals surface area contributed by atoms with E-state index in [9.17, 15) is 9.90 Å². The molecular formula is C16H22O3. The molecule has 1 unspecified atom stereocenters. The highest BCUT2D eigenvalue weighted by Crippen LogP contribution is 2.25. The molecule has 0 bridgehead atoms. The molecule has 1 aromatic rings. The third kappa shape index (κ3) is 3.93. The van der Waals surface area contributed by atoms with Crippen molar-refractivity contribution in [2.45, 2.75) is 39.2 Å². The highest BCUT2D eigenvalue weighted by atomic mass is 16.5. The van der Waals surface area contributed by atoms with Gasteiger partial charge in [0.2, 0.25) is 0 Å². The molecule has 0 spiro atoms. The molecule has 3 nitrogen and oxygen atoms in total. The molecule has 1 aromatic carbocycles. The van der Waals surface area contributed by atoms with Gasteiger partial charge in [0.15, 0.2) is 6.10 Å². The van der Waals surface area contributed by atoms with Gasteiger partial charge in [0.1, 0.15) is 0 Å². The van der Waals surface area contributed by atoms with E-state index in [2.05, 4.69) is 27.4 Å². The predicted octanol–water partition coefficient (Wildman–Crippen LogP) is 2.92. The topological polar surface area (TPSA) is 46.5 Å². The van der Waals surface area contributed by atoms with Crippen molar-refractivity contribution in [2.24, 2.45) is 0 Å². The Morgan fingerprint density at radius 2 is 1.84 bits per heavy atom. The van der Waals surface area contributed by atoms with Gasteiger partial charge in [-0.15, -0.1) is 0 Å². The number of benzene rings is 1. The van der Waals surface area contributed by atoms with Crippen molar-refractivity contribution in [3.63, 3.8) is 0 Å². The minimum absolute atomic E-state index is 0.0691. The number of hydrogen-bond acceptors (Lipinski definition) is 3. The molecule has 3 heteroatoms. The molecule has 0 aromatic heterocycles. The maximum atomic E-state index is 11.5. The van der Waals surface area contributed by atoms with Crippen LogP contribution in [-0.4, -0.2) is 23.8 Å². The monoisotopic (exact) mass is 262 g/mol. The Balaban J connectivity index is 2.87. The van der Waals surface area contributed by atoms with Crippen LogP contribution < -0.4 is 0 Å². The van der Waals surface area contributed by atoms with Gasteiger partial charge in [-0.1, -0.05) is 51.6 Å². The zero-order chi connectivity index (χ0) is 14.6. The van der Waals surface area contributed by atoms with E-state index in [0.29, 0.717) is 5.57 Å².